The lowest BCUT2D eigenvalue weighted by Crippen LogP contribution is -2.71. The molecule has 1 amide bonds. The van der Waals surface area contributed by atoms with Gasteiger partial charge in [0.2, 0.25) is 0 Å². The summed E-state index contributed by atoms with van der Waals surface area (Å²) in [5.41, 5.74) is -0.465. The van der Waals surface area contributed by atoms with Crippen molar-refractivity contribution in [3.63, 3.8) is 0 Å². The first kappa shape index (κ1) is 17.5. The van der Waals surface area contributed by atoms with Gasteiger partial charge in [-0.3, -0.25) is 0 Å². The highest BCUT2D eigenvalue weighted by atomic mass is 16.6. The van der Waals surface area contributed by atoms with Crippen molar-refractivity contribution in [1.29, 1.82) is 0 Å². The van der Waals surface area contributed by atoms with Crippen LogP contribution in [0.15, 0.2) is 0 Å². The molecule has 128 valence electrons. The van der Waals surface area contributed by atoms with E-state index in [4.69, 9.17) is 9.47 Å². The fraction of sp³-hybridized carbons (Fsp3) is 0.941. The first-order valence-corrected chi connectivity index (χ1v) is 8.54. The number of fused-ring (bicyclic) bond motifs is 1. The summed E-state index contributed by atoms with van der Waals surface area (Å²) in [6.45, 7) is 13.1. The first-order valence-electron chi connectivity index (χ1n) is 8.54. The van der Waals surface area contributed by atoms with E-state index in [1.165, 1.54) is 0 Å². The molecular weight excluding hydrogens is 280 g/mol. The summed E-state index contributed by atoms with van der Waals surface area (Å²) in [5.74, 6) is 1.07. The summed E-state index contributed by atoms with van der Waals surface area (Å²) in [5, 5.41) is 6.69. The third-order valence-electron chi connectivity index (χ3n) is 4.37. The molecule has 1 saturated carbocycles. The minimum absolute atomic E-state index is 0.108. The Kier molecular flexibility index (Phi) is 5.38. The summed E-state index contributed by atoms with van der Waals surface area (Å²) in [7, 11) is 0. The number of alkyl carbamates (subject to hydrolysis) is 1. The van der Waals surface area contributed by atoms with E-state index < -0.39 is 5.60 Å². The molecule has 1 heterocycles. The molecule has 0 aromatic carbocycles. The van der Waals surface area contributed by atoms with Crippen LogP contribution in [0.25, 0.3) is 0 Å². The van der Waals surface area contributed by atoms with E-state index >= 15 is 0 Å². The van der Waals surface area contributed by atoms with Gasteiger partial charge in [0.05, 0.1) is 18.2 Å². The summed E-state index contributed by atoms with van der Waals surface area (Å²) in [4.78, 5) is 12.1. The predicted octanol–water partition coefficient (Wildman–Crippen LogP) is 2.69. The molecule has 0 spiro atoms. The van der Waals surface area contributed by atoms with E-state index in [9.17, 15) is 4.79 Å². The molecular formula is C17H32N2O3. The van der Waals surface area contributed by atoms with Crippen molar-refractivity contribution in [1.82, 2.24) is 10.6 Å². The van der Waals surface area contributed by atoms with Crippen LogP contribution >= 0.6 is 0 Å². The molecule has 1 saturated heterocycles. The van der Waals surface area contributed by atoms with Gasteiger partial charge < -0.3 is 20.1 Å². The van der Waals surface area contributed by atoms with Gasteiger partial charge in [0.1, 0.15) is 5.60 Å². The number of hydrogen-bond donors (Lipinski definition) is 2. The van der Waals surface area contributed by atoms with Gasteiger partial charge >= 0.3 is 6.09 Å². The van der Waals surface area contributed by atoms with Gasteiger partial charge in [-0.05, 0) is 46.5 Å². The van der Waals surface area contributed by atoms with Gasteiger partial charge in [-0.15, -0.1) is 0 Å². The Morgan fingerprint density at radius 2 is 1.95 bits per heavy atom. The lowest BCUT2D eigenvalue weighted by atomic mass is 9.71. The fourth-order valence-electron chi connectivity index (χ4n) is 3.65. The Balaban J connectivity index is 1.91. The van der Waals surface area contributed by atoms with E-state index in [1.807, 2.05) is 20.8 Å². The molecule has 5 atom stereocenters. The zero-order valence-corrected chi connectivity index (χ0v) is 14.8. The maximum Gasteiger partial charge on any atom is 0.407 e. The Hall–Kier alpha value is -0.810. The molecule has 0 aromatic heterocycles. The SMILES string of the molecule is CC(C)CC(C)NC1C(NC(=O)OC(C)(C)C)C2CCOC21. The average molecular weight is 312 g/mol. The zero-order valence-electron chi connectivity index (χ0n) is 14.8. The van der Waals surface area contributed by atoms with E-state index in [-0.39, 0.29) is 24.3 Å². The molecule has 1 aliphatic carbocycles. The molecule has 2 fully saturated rings. The number of nitrogens with one attached hydrogen (secondary N) is 2. The van der Waals surface area contributed by atoms with Crippen LogP contribution in [0.2, 0.25) is 0 Å². The highest BCUT2D eigenvalue weighted by molar-refractivity contribution is 5.68. The van der Waals surface area contributed by atoms with Crippen molar-refractivity contribution in [2.75, 3.05) is 6.61 Å². The van der Waals surface area contributed by atoms with Crippen molar-refractivity contribution >= 4 is 6.09 Å². The van der Waals surface area contributed by atoms with E-state index in [0.717, 1.165) is 19.4 Å². The first-order chi connectivity index (χ1) is 10.2. The topological polar surface area (TPSA) is 59.6 Å². The van der Waals surface area contributed by atoms with Crippen LogP contribution in [0, 0.1) is 11.8 Å². The summed E-state index contributed by atoms with van der Waals surface area (Å²) >= 11 is 0. The van der Waals surface area contributed by atoms with Gasteiger partial charge in [0.25, 0.3) is 0 Å². The maximum atomic E-state index is 12.1. The number of rotatable bonds is 5. The van der Waals surface area contributed by atoms with Gasteiger partial charge in [-0.1, -0.05) is 13.8 Å². The molecule has 5 heteroatoms. The molecule has 2 rings (SSSR count). The smallest absolute Gasteiger partial charge is 0.407 e. The minimum Gasteiger partial charge on any atom is -0.444 e. The summed E-state index contributed by atoms with van der Waals surface area (Å²) in [6, 6.07) is 0.712. The Morgan fingerprint density at radius 3 is 2.55 bits per heavy atom. The standard InChI is InChI=1S/C17H32N2O3/c1-10(2)9-11(3)18-14-13(12-7-8-21-15(12)14)19-16(20)22-17(4,5)6/h10-15,18H,7-9H2,1-6H3,(H,19,20). The molecule has 0 bridgehead atoms. The number of carbonyl (C=O) groups is 1. The van der Waals surface area contributed by atoms with Crippen molar-refractivity contribution < 1.29 is 14.3 Å². The van der Waals surface area contributed by atoms with Crippen molar-refractivity contribution in [3.05, 3.63) is 0 Å². The van der Waals surface area contributed by atoms with Gasteiger partial charge in [0.15, 0.2) is 0 Å². The zero-order chi connectivity index (χ0) is 16.5. The Labute approximate surface area is 134 Å². The predicted molar refractivity (Wildman–Crippen MR) is 86.8 cm³/mol. The van der Waals surface area contributed by atoms with Crippen LogP contribution in [0.3, 0.4) is 0 Å². The quantitative estimate of drug-likeness (QED) is 0.819. The van der Waals surface area contributed by atoms with Crippen molar-refractivity contribution in [2.24, 2.45) is 11.8 Å². The molecule has 2 N–H and O–H groups in total. The highest BCUT2D eigenvalue weighted by Gasteiger charge is 2.54. The lowest BCUT2D eigenvalue weighted by molar-refractivity contribution is -0.0377. The monoisotopic (exact) mass is 312 g/mol. The highest BCUT2D eigenvalue weighted by Crippen LogP contribution is 2.39. The Morgan fingerprint density at radius 1 is 1.27 bits per heavy atom. The van der Waals surface area contributed by atoms with Gasteiger partial charge in [-0.2, -0.15) is 0 Å². The second-order valence-electron chi connectivity index (χ2n) is 8.18. The molecule has 2 aliphatic rings. The van der Waals surface area contributed by atoms with Crippen LogP contribution < -0.4 is 10.6 Å². The van der Waals surface area contributed by atoms with Crippen LogP contribution in [0.1, 0.15) is 54.4 Å². The second kappa shape index (κ2) is 6.75. The third kappa shape index (κ3) is 4.35. The molecule has 0 radical (unpaired) electrons. The average Bonchev–Trinajstić information content (AvgIpc) is 2.75. The third-order valence-corrected chi connectivity index (χ3v) is 4.37. The molecule has 5 unspecified atom stereocenters. The number of ether oxygens (including phenoxy) is 2. The molecule has 22 heavy (non-hydrogen) atoms. The van der Waals surface area contributed by atoms with E-state index in [0.29, 0.717) is 17.9 Å². The van der Waals surface area contributed by atoms with Crippen molar-refractivity contribution in [3.8, 4) is 0 Å². The lowest BCUT2D eigenvalue weighted by Gasteiger charge is -2.49. The van der Waals surface area contributed by atoms with E-state index in [1.54, 1.807) is 0 Å². The van der Waals surface area contributed by atoms with Crippen LogP contribution in [0.5, 0.6) is 0 Å². The van der Waals surface area contributed by atoms with Gasteiger partial charge in [-0.25, -0.2) is 4.79 Å². The maximum absolute atomic E-state index is 12.1. The molecule has 5 nitrogen and oxygen atoms in total. The van der Waals surface area contributed by atoms with Gasteiger partial charge in [0, 0.05) is 18.6 Å². The normalized spacial score (nSPS) is 32.3. The number of amides is 1. The van der Waals surface area contributed by atoms with Crippen molar-refractivity contribution in [2.45, 2.75) is 84.2 Å². The fourth-order valence-corrected chi connectivity index (χ4v) is 3.65. The molecule has 1 aliphatic heterocycles. The second-order valence-corrected chi connectivity index (χ2v) is 8.18. The summed E-state index contributed by atoms with van der Waals surface area (Å²) in [6.07, 6.45) is 2.04. The van der Waals surface area contributed by atoms with Crippen LogP contribution in [0.4, 0.5) is 4.79 Å². The Bertz CT molecular complexity index is 392. The minimum atomic E-state index is -0.465. The van der Waals surface area contributed by atoms with Crippen LogP contribution in [-0.2, 0) is 9.47 Å². The number of hydrogen-bond acceptors (Lipinski definition) is 4. The molecule has 0 aromatic rings. The summed E-state index contributed by atoms with van der Waals surface area (Å²) < 4.78 is 11.2. The van der Waals surface area contributed by atoms with E-state index in [2.05, 4.69) is 31.4 Å². The largest absolute Gasteiger partial charge is 0.444 e. The van der Waals surface area contributed by atoms with Crippen LogP contribution in [-0.4, -0.2) is 42.5 Å². The number of carbonyl (C=O) groups excluding carboxylic acids is 1.